The van der Waals surface area contributed by atoms with Crippen LogP contribution in [0.25, 0.3) is 22.6 Å². The van der Waals surface area contributed by atoms with Gasteiger partial charge in [-0.2, -0.15) is 0 Å². The Bertz CT molecular complexity index is 1060. The summed E-state index contributed by atoms with van der Waals surface area (Å²) in [6, 6.07) is 8.36. The van der Waals surface area contributed by atoms with Gasteiger partial charge in [0.25, 0.3) is 0 Å². The van der Waals surface area contributed by atoms with Crippen molar-refractivity contribution in [1.82, 2.24) is 4.57 Å². The third-order valence-electron chi connectivity index (χ3n) is 5.44. The van der Waals surface area contributed by atoms with Crippen LogP contribution in [-0.4, -0.2) is 26.9 Å². The first-order chi connectivity index (χ1) is 14.9. The molecule has 0 aliphatic heterocycles. The van der Waals surface area contributed by atoms with Crippen molar-refractivity contribution >= 4 is 28.5 Å². The summed E-state index contributed by atoms with van der Waals surface area (Å²) in [4.78, 5) is 10.7. The summed E-state index contributed by atoms with van der Waals surface area (Å²) in [5.74, 6) is -1.06. The minimum Gasteiger partial charge on any atom is -0.481 e. The second-order valence-electron chi connectivity index (χ2n) is 8.12. The molecule has 0 bridgehead atoms. The van der Waals surface area contributed by atoms with E-state index in [4.69, 9.17) is 5.11 Å². The van der Waals surface area contributed by atoms with Crippen LogP contribution in [0.3, 0.4) is 0 Å². The van der Waals surface area contributed by atoms with Crippen LogP contribution >= 0.6 is 0 Å². The van der Waals surface area contributed by atoms with Crippen molar-refractivity contribution in [3.8, 4) is 0 Å². The Balaban J connectivity index is 1.99. The second kappa shape index (κ2) is 10.4. The third kappa shape index (κ3) is 5.61. The van der Waals surface area contributed by atoms with E-state index in [0.717, 1.165) is 27.7 Å². The van der Waals surface area contributed by atoms with Gasteiger partial charge in [0.1, 0.15) is 5.83 Å². The Morgan fingerprint density at radius 1 is 1.19 bits per heavy atom. The molecule has 1 aliphatic carbocycles. The normalized spacial score (nSPS) is 15.4. The van der Waals surface area contributed by atoms with Gasteiger partial charge in [0.05, 0.1) is 6.10 Å². The van der Waals surface area contributed by atoms with E-state index in [1.54, 1.807) is 12.2 Å². The van der Waals surface area contributed by atoms with E-state index in [-0.39, 0.29) is 18.3 Å². The summed E-state index contributed by atoms with van der Waals surface area (Å²) < 4.78 is 16.0. The number of hydrogen-bond donors (Lipinski definition) is 2. The van der Waals surface area contributed by atoms with Gasteiger partial charge in [0, 0.05) is 34.6 Å². The Morgan fingerprint density at radius 2 is 1.97 bits per heavy atom. The van der Waals surface area contributed by atoms with Crippen molar-refractivity contribution in [1.29, 1.82) is 0 Å². The maximum absolute atomic E-state index is 13.8. The Hall–Kier alpha value is -2.92. The number of carbonyl (C=O) groups is 1. The lowest BCUT2D eigenvalue weighted by molar-refractivity contribution is -0.137. The summed E-state index contributed by atoms with van der Waals surface area (Å²) in [6.07, 6.45) is 12.3. The number of fused-ring (bicyclic) bond motifs is 1. The molecule has 1 aliphatic rings. The molecule has 3 rings (SSSR count). The number of aliphatic hydroxyl groups excluding tert-OH is 1. The van der Waals surface area contributed by atoms with Gasteiger partial charge >= 0.3 is 5.97 Å². The van der Waals surface area contributed by atoms with E-state index in [1.807, 2.05) is 30.4 Å². The van der Waals surface area contributed by atoms with Crippen molar-refractivity contribution in [2.24, 2.45) is 0 Å². The van der Waals surface area contributed by atoms with Crippen molar-refractivity contribution in [2.45, 2.75) is 58.1 Å². The van der Waals surface area contributed by atoms with E-state index < -0.39 is 12.1 Å². The zero-order valence-electron chi connectivity index (χ0n) is 18.1. The monoisotopic (exact) mass is 423 g/mol. The number of carboxylic acids is 1. The van der Waals surface area contributed by atoms with E-state index >= 15 is 0 Å². The van der Waals surface area contributed by atoms with Gasteiger partial charge in [0.15, 0.2) is 0 Å². The number of rotatable bonds is 9. The molecule has 0 spiro atoms. The topological polar surface area (TPSA) is 62.5 Å². The molecule has 4 nitrogen and oxygen atoms in total. The highest BCUT2D eigenvalue weighted by atomic mass is 19.1. The lowest BCUT2D eigenvalue weighted by Gasteiger charge is -2.14. The summed E-state index contributed by atoms with van der Waals surface area (Å²) in [6.45, 7) is 4.24. The molecule has 2 N–H and O–H groups in total. The van der Waals surface area contributed by atoms with E-state index in [0.29, 0.717) is 25.7 Å². The van der Waals surface area contributed by atoms with E-state index in [2.05, 4.69) is 30.5 Å². The number of benzene rings is 1. The summed E-state index contributed by atoms with van der Waals surface area (Å²) >= 11 is 0. The minimum absolute atomic E-state index is 0.118. The Labute approximate surface area is 182 Å². The molecule has 164 valence electrons. The largest absolute Gasteiger partial charge is 0.481 e. The number of allylic oxidation sites excluding steroid dienone is 6. The fourth-order valence-corrected chi connectivity index (χ4v) is 4.02. The highest BCUT2D eigenvalue weighted by Gasteiger charge is 2.19. The number of nitrogens with zero attached hydrogens (tertiary/aromatic N) is 1. The SMILES string of the molecule is CC(C)n1c(/C=C/C(O)CCCCC(=O)O)c(C2=CCC=C(F)C=C2)c2ccccc21. The van der Waals surface area contributed by atoms with Crippen LogP contribution in [0.5, 0.6) is 0 Å². The van der Waals surface area contributed by atoms with Gasteiger partial charge in [-0.15, -0.1) is 0 Å². The van der Waals surface area contributed by atoms with Crippen LogP contribution in [0, 0.1) is 0 Å². The first-order valence-corrected chi connectivity index (χ1v) is 10.8. The number of para-hydroxylation sites is 1. The molecule has 1 aromatic carbocycles. The Morgan fingerprint density at radius 3 is 2.71 bits per heavy atom. The van der Waals surface area contributed by atoms with E-state index in [9.17, 15) is 14.3 Å². The number of carboxylic acid groups (broad SMARTS) is 1. The second-order valence-corrected chi connectivity index (χ2v) is 8.12. The van der Waals surface area contributed by atoms with Crippen LogP contribution in [0.15, 0.2) is 60.5 Å². The first-order valence-electron chi connectivity index (χ1n) is 10.8. The Kier molecular flexibility index (Phi) is 7.64. The highest BCUT2D eigenvalue weighted by Crippen LogP contribution is 2.36. The fourth-order valence-electron chi connectivity index (χ4n) is 4.02. The number of aliphatic hydroxyl groups is 1. The van der Waals surface area contributed by atoms with Gasteiger partial charge in [-0.05, 0) is 69.4 Å². The number of unbranched alkanes of at least 4 members (excludes halogenated alkanes) is 1. The molecule has 0 saturated carbocycles. The van der Waals surface area contributed by atoms with Gasteiger partial charge < -0.3 is 14.8 Å². The predicted molar refractivity (Wildman–Crippen MR) is 124 cm³/mol. The average molecular weight is 424 g/mol. The van der Waals surface area contributed by atoms with Crippen molar-refractivity contribution in [2.75, 3.05) is 0 Å². The summed E-state index contributed by atoms with van der Waals surface area (Å²) in [5.41, 5.74) is 4.04. The maximum atomic E-state index is 13.8. The number of hydrogen-bond acceptors (Lipinski definition) is 2. The highest BCUT2D eigenvalue weighted by molar-refractivity contribution is 6.00. The average Bonchev–Trinajstić information content (AvgIpc) is 2.91. The summed E-state index contributed by atoms with van der Waals surface area (Å²) in [7, 11) is 0. The molecular formula is C26H30FNO3. The lowest BCUT2D eigenvalue weighted by Crippen LogP contribution is -2.06. The molecule has 1 atom stereocenters. The molecule has 1 heterocycles. The van der Waals surface area contributed by atoms with Crippen molar-refractivity contribution in [3.63, 3.8) is 0 Å². The third-order valence-corrected chi connectivity index (χ3v) is 5.44. The zero-order valence-corrected chi connectivity index (χ0v) is 18.1. The lowest BCUT2D eigenvalue weighted by atomic mass is 10.00. The van der Waals surface area contributed by atoms with Crippen molar-refractivity contribution < 1.29 is 19.4 Å². The molecule has 1 aromatic heterocycles. The molecule has 0 radical (unpaired) electrons. The molecule has 5 heteroatoms. The van der Waals surface area contributed by atoms with Crippen LogP contribution in [-0.2, 0) is 4.79 Å². The standard InChI is InChI=1S/C26H30FNO3/c1-18(2)28-23-12-5-4-11-22(23)26(19-8-7-9-20(27)15-14-19)24(28)17-16-21(29)10-3-6-13-25(30)31/h4-5,8-9,11-12,14-18,21,29H,3,6-7,10,13H2,1-2H3,(H,30,31)/b17-16+. The summed E-state index contributed by atoms with van der Waals surface area (Å²) in [5, 5.41) is 20.3. The van der Waals surface area contributed by atoms with Gasteiger partial charge in [-0.25, -0.2) is 4.39 Å². The molecule has 0 fully saturated rings. The van der Waals surface area contributed by atoms with Crippen LogP contribution in [0.1, 0.15) is 63.3 Å². The van der Waals surface area contributed by atoms with Crippen LogP contribution in [0.4, 0.5) is 4.39 Å². The molecule has 1 unspecified atom stereocenters. The number of halogens is 1. The van der Waals surface area contributed by atoms with Crippen molar-refractivity contribution in [3.05, 3.63) is 71.7 Å². The van der Waals surface area contributed by atoms with Gasteiger partial charge in [-0.1, -0.05) is 36.4 Å². The molecular weight excluding hydrogens is 393 g/mol. The molecule has 31 heavy (non-hydrogen) atoms. The fraction of sp³-hybridized carbons (Fsp3) is 0.346. The quantitative estimate of drug-likeness (QED) is 0.456. The molecule has 2 aromatic rings. The number of aliphatic carboxylic acids is 1. The van der Waals surface area contributed by atoms with E-state index in [1.165, 1.54) is 6.08 Å². The van der Waals surface area contributed by atoms with Gasteiger partial charge in [0.2, 0.25) is 0 Å². The first kappa shape index (κ1) is 22.8. The predicted octanol–water partition coefficient (Wildman–Crippen LogP) is 6.44. The zero-order chi connectivity index (χ0) is 22.4. The number of aromatic nitrogens is 1. The van der Waals surface area contributed by atoms with Crippen LogP contribution in [0.2, 0.25) is 0 Å². The van der Waals surface area contributed by atoms with Gasteiger partial charge in [-0.3, -0.25) is 4.79 Å². The smallest absolute Gasteiger partial charge is 0.303 e. The maximum Gasteiger partial charge on any atom is 0.303 e. The van der Waals surface area contributed by atoms with Crippen LogP contribution < -0.4 is 0 Å². The molecule has 0 saturated heterocycles. The molecule has 0 amide bonds. The minimum atomic E-state index is -0.813.